The summed E-state index contributed by atoms with van der Waals surface area (Å²) in [6.45, 7) is 0. The average Bonchev–Trinajstić information content (AvgIpc) is 3.15. The fourth-order valence-corrected chi connectivity index (χ4v) is 4.23. The number of nitro benzene ring substituents is 1. The van der Waals surface area contributed by atoms with Gasteiger partial charge in [0.05, 0.1) is 29.3 Å². The van der Waals surface area contributed by atoms with E-state index >= 15 is 0 Å². The molecule has 1 aliphatic carbocycles. The number of anilines is 1. The number of fused-ring (bicyclic) bond motifs is 3. The summed E-state index contributed by atoms with van der Waals surface area (Å²) in [6, 6.07) is 8.23. The first-order chi connectivity index (χ1) is 13.3. The van der Waals surface area contributed by atoms with Crippen LogP contribution in [-0.2, 0) is 6.18 Å². The van der Waals surface area contributed by atoms with E-state index in [4.69, 9.17) is 4.74 Å². The van der Waals surface area contributed by atoms with Crippen molar-refractivity contribution < 1.29 is 22.8 Å². The van der Waals surface area contributed by atoms with Gasteiger partial charge in [-0.05, 0) is 35.6 Å². The van der Waals surface area contributed by atoms with Crippen molar-refractivity contribution in [2.24, 2.45) is 5.92 Å². The SMILES string of the molecule is COc1ccc([C@H]2Nc3c(cccc3C(F)(F)F)[C@H]3C=CC[C@H]32)cc1[N+](=O)[O-]. The van der Waals surface area contributed by atoms with Crippen molar-refractivity contribution in [3.8, 4) is 5.75 Å². The minimum absolute atomic E-state index is 0.0241. The summed E-state index contributed by atoms with van der Waals surface area (Å²) < 4.78 is 45.7. The molecule has 0 saturated heterocycles. The van der Waals surface area contributed by atoms with Crippen LogP contribution in [0.5, 0.6) is 5.75 Å². The summed E-state index contributed by atoms with van der Waals surface area (Å²) in [4.78, 5) is 10.8. The van der Waals surface area contributed by atoms with E-state index in [1.165, 1.54) is 25.3 Å². The number of para-hydroxylation sites is 1. The highest BCUT2D eigenvalue weighted by molar-refractivity contribution is 5.65. The predicted octanol–water partition coefficient (Wildman–Crippen LogP) is 5.45. The number of nitrogens with zero attached hydrogens (tertiary/aromatic N) is 1. The minimum Gasteiger partial charge on any atom is -0.490 e. The number of hydrogen-bond donors (Lipinski definition) is 1. The van der Waals surface area contributed by atoms with E-state index in [0.717, 1.165) is 6.07 Å². The molecule has 8 heteroatoms. The molecule has 1 aliphatic heterocycles. The normalized spacial score (nSPS) is 22.9. The molecule has 5 nitrogen and oxygen atoms in total. The molecule has 3 atom stereocenters. The number of nitro groups is 1. The lowest BCUT2D eigenvalue weighted by Crippen LogP contribution is -2.30. The fraction of sp³-hybridized carbons (Fsp3) is 0.300. The molecule has 4 rings (SSSR count). The van der Waals surface area contributed by atoms with E-state index < -0.39 is 22.7 Å². The third-order valence-corrected chi connectivity index (χ3v) is 5.46. The maximum atomic E-state index is 13.6. The van der Waals surface area contributed by atoms with Crippen molar-refractivity contribution in [3.63, 3.8) is 0 Å². The Balaban J connectivity index is 1.83. The Bertz CT molecular complexity index is 972. The Morgan fingerprint density at radius 2 is 2.04 bits per heavy atom. The van der Waals surface area contributed by atoms with Gasteiger partial charge in [0.1, 0.15) is 0 Å². The van der Waals surface area contributed by atoms with E-state index in [0.29, 0.717) is 17.5 Å². The number of methoxy groups -OCH3 is 1. The Morgan fingerprint density at radius 3 is 2.71 bits per heavy atom. The monoisotopic (exact) mass is 390 g/mol. The highest BCUT2D eigenvalue weighted by Crippen LogP contribution is 2.53. The molecule has 0 fully saturated rings. The van der Waals surface area contributed by atoms with Crippen LogP contribution in [0.4, 0.5) is 24.5 Å². The van der Waals surface area contributed by atoms with Crippen LogP contribution in [0.3, 0.4) is 0 Å². The molecule has 0 unspecified atom stereocenters. The van der Waals surface area contributed by atoms with Crippen LogP contribution >= 0.6 is 0 Å². The van der Waals surface area contributed by atoms with Crippen molar-refractivity contribution in [3.05, 3.63) is 75.4 Å². The molecule has 0 saturated carbocycles. The zero-order chi connectivity index (χ0) is 20.1. The summed E-state index contributed by atoms with van der Waals surface area (Å²) >= 11 is 0. The second-order valence-corrected chi connectivity index (χ2v) is 6.93. The molecule has 146 valence electrons. The summed E-state index contributed by atoms with van der Waals surface area (Å²) in [5, 5.41) is 14.4. The van der Waals surface area contributed by atoms with E-state index in [2.05, 4.69) is 5.32 Å². The van der Waals surface area contributed by atoms with Crippen molar-refractivity contribution in [2.45, 2.75) is 24.6 Å². The van der Waals surface area contributed by atoms with Gasteiger partial charge in [-0.3, -0.25) is 10.1 Å². The topological polar surface area (TPSA) is 64.4 Å². The molecule has 0 radical (unpaired) electrons. The van der Waals surface area contributed by atoms with Crippen LogP contribution in [0, 0.1) is 16.0 Å². The summed E-state index contributed by atoms with van der Waals surface area (Å²) in [7, 11) is 1.34. The van der Waals surface area contributed by atoms with Crippen molar-refractivity contribution in [2.75, 3.05) is 12.4 Å². The van der Waals surface area contributed by atoms with Gasteiger partial charge in [0.2, 0.25) is 0 Å². The number of ether oxygens (including phenoxy) is 1. The lowest BCUT2D eigenvalue weighted by molar-refractivity contribution is -0.385. The highest BCUT2D eigenvalue weighted by atomic mass is 19.4. The zero-order valence-corrected chi connectivity index (χ0v) is 14.9. The highest BCUT2D eigenvalue weighted by Gasteiger charge is 2.43. The molecule has 2 aromatic rings. The maximum Gasteiger partial charge on any atom is 0.418 e. The number of alkyl halides is 3. The maximum absolute atomic E-state index is 13.6. The van der Waals surface area contributed by atoms with Gasteiger partial charge < -0.3 is 10.1 Å². The molecule has 2 aromatic carbocycles. The summed E-state index contributed by atoms with van der Waals surface area (Å²) in [6.07, 6.45) is 0.0640. The number of hydrogen-bond acceptors (Lipinski definition) is 4. The minimum atomic E-state index is -4.50. The largest absolute Gasteiger partial charge is 0.490 e. The van der Waals surface area contributed by atoms with Crippen LogP contribution in [0.1, 0.15) is 35.1 Å². The number of allylic oxidation sites excluding steroid dienone is 2. The molecule has 0 aromatic heterocycles. The second kappa shape index (κ2) is 6.54. The van der Waals surface area contributed by atoms with Gasteiger partial charge >= 0.3 is 11.9 Å². The average molecular weight is 390 g/mol. The zero-order valence-electron chi connectivity index (χ0n) is 14.9. The summed E-state index contributed by atoms with van der Waals surface area (Å²) in [5.74, 6) is -0.0873. The number of rotatable bonds is 3. The van der Waals surface area contributed by atoms with Gasteiger partial charge in [-0.25, -0.2) is 0 Å². The first-order valence-electron chi connectivity index (χ1n) is 8.77. The first kappa shape index (κ1) is 18.3. The van der Waals surface area contributed by atoms with Gasteiger partial charge in [-0.2, -0.15) is 13.2 Å². The Kier molecular flexibility index (Phi) is 4.28. The lowest BCUT2D eigenvalue weighted by Gasteiger charge is -2.38. The molecule has 1 N–H and O–H groups in total. The molecule has 0 bridgehead atoms. The summed E-state index contributed by atoms with van der Waals surface area (Å²) in [5.41, 5.74) is 0.281. The van der Waals surface area contributed by atoms with E-state index in [-0.39, 0.29) is 29.0 Å². The molecule has 0 amide bonds. The quantitative estimate of drug-likeness (QED) is 0.430. The van der Waals surface area contributed by atoms with Crippen molar-refractivity contribution >= 4 is 11.4 Å². The molecular formula is C20H17F3N2O3. The number of halogens is 3. The molecular weight excluding hydrogens is 373 g/mol. The third kappa shape index (κ3) is 2.89. The smallest absolute Gasteiger partial charge is 0.418 e. The van der Waals surface area contributed by atoms with Crippen LogP contribution in [0.2, 0.25) is 0 Å². The Morgan fingerprint density at radius 1 is 1.25 bits per heavy atom. The van der Waals surface area contributed by atoms with Gasteiger partial charge in [-0.15, -0.1) is 0 Å². The number of benzene rings is 2. The molecule has 2 aliphatic rings. The Labute approximate surface area is 159 Å². The fourth-order valence-electron chi connectivity index (χ4n) is 4.23. The van der Waals surface area contributed by atoms with Gasteiger partial charge in [0.25, 0.3) is 0 Å². The number of nitrogens with one attached hydrogen (secondary N) is 1. The van der Waals surface area contributed by atoms with Gasteiger partial charge in [-0.1, -0.05) is 30.4 Å². The van der Waals surface area contributed by atoms with Crippen LogP contribution in [0.15, 0.2) is 48.6 Å². The van der Waals surface area contributed by atoms with Crippen LogP contribution < -0.4 is 10.1 Å². The third-order valence-electron chi connectivity index (χ3n) is 5.46. The van der Waals surface area contributed by atoms with E-state index in [1.54, 1.807) is 12.1 Å². The first-order valence-corrected chi connectivity index (χ1v) is 8.77. The predicted molar refractivity (Wildman–Crippen MR) is 97.4 cm³/mol. The lowest BCUT2D eigenvalue weighted by atomic mass is 9.76. The second-order valence-electron chi connectivity index (χ2n) is 6.93. The van der Waals surface area contributed by atoms with Crippen molar-refractivity contribution in [1.82, 2.24) is 0 Å². The Hall–Kier alpha value is -3.03. The van der Waals surface area contributed by atoms with Crippen LogP contribution in [-0.4, -0.2) is 12.0 Å². The molecule has 28 heavy (non-hydrogen) atoms. The van der Waals surface area contributed by atoms with Crippen molar-refractivity contribution in [1.29, 1.82) is 0 Å². The van der Waals surface area contributed by atoms with E-state index in [9.17, 15) is 23.3 Å². The van der Waals surface area contributed by atoms with Gasteiger partial charge in [0, 0.05) is 12.0 Å². The molecule has 1 heterocycles. The molecule has 0 spiro atoms. The van der Waals surface area contributed by atoms with Crippen LogP contribution in [0.25, 0.3) is 0 Å². The standard InChI is InChI=1S/C20H17F3N2O3/c1-28-17-9-8-11(10-16(17)25(26)27)18-13-5-2-4-12(13)14-6-3-7-15(19(14)24-18)20(21,22)23/h2-4,6-10,12-13,18,24H,5H2,1H3/t12-,13+,18+/m0/s1. The van der Waals surface area contributed by atoms with E-state index in [1.807, 2.05) is 12.2 Å². The van der Waals surface area contributed by atoms with Gasteiger partial charge in [0.15, 0.2) is 5.75 Å².